The summed E-state index contributed by atoms with van der Waals surface area (Å²) in [5.41, 5.74) is 3.72. The first-order valence-electron chi connectivity index (χ1n) is 9.22. The van der Waals surface area contributed by atoms with Crippen LogP contribution in [0, 0.1) is 0 Å². The fourth-order valence-electron chi connectivity index (χ4n) is 4.40. The zero-order chi connectivity index (χ0) is 16.6. The van der Waals surface area contributed by atoms with Crippen molar-refractivity contribution in [3.8, 4) is 0 Å². The maximum absolute atomic E-state index is 5.44. The molecule has 2 aromatic heterocycles. The Hall–Kier alpha value is -2.05. The molecule has 0 aliphatic carbocycles. The van der Waals surface area contributed by atoms with Crippen LogP contribution in [0.15, 0.2) is 30.6 Å². The van der Waals surface area contributed by atoms with Crippen LogP contribution in [0.2, 0.25) is 0 Å². The smallest absolute Gasteiger partial charge is 0.225 e. The van der Waals surface area contributed by atoms with E-state index in [0.29, 0.717) is 12.1 Å². The molecule has 0 radical (unpaired) electrons. The number of pyridine rings is 1. The summed E-state index contributed by atoms with van der Waals surface area (Å²) in [7, 11) is 0. The molecule has 6 nitrogen and oxygen atoms in total. The van der Waals surface area contributed by atoms with Gasteiger partial charge in [0.25, 0.3) is 0 Å². The fraction of sp³-hybridized carbons (Fsp3) is 0.526. The third kappa shape index (κ3) is 2.79. The van der Waals surface area contributed by atoms with Crippen molar-refractivity contribution in [3.63, 3.8) is 0 Å². The average Bonchev–Trinajstić information content (AvgIpc) is 2.95. The summed E-state index contributed by atoms with van der Waals surface area (Å²) < 4.78 is 5.44. The number of aromatic nitrogens is 3. The minimum absolute atomic E-state index is 0.439. The van der Waals surface area contributed by atoms with Crippen LogP contribution < -0.4 is 4.90 Å². The summed E-state index contributed by atoms with van der Waals surface area (Å²) in [5.74, 6) is 0.875. The van der Waals surface area contributed by atoms with Gasteiger partial charge in [0.05, 0.1) is 24.6 Å². The maximum Gasteiger partial charge on any atom is 0.225 e. The van der Waals surface area contributed by atoms with Gasteiger partial charge in [0.2, 0.25) is 5.95 Å². The normalized spacial score (nSPS) is 25.8. The Morgan fingerprint density at radius 1 is 1.12 bits per heavy atom. The molecule has 3 aliphatic heterocycles. The lowest BCUT2D eigenvalue weighted by atomic mass is 9.99. The first-order valence-corrected chi connectivity index (χ1v) is 9.22. The van der Waals surface area contributed by atoms with Crippen molar-refractivity contribution in [2.24, 2.45) is 0 Å². The van der Waals surface area contributed by atoms with Crippen molar-refractivity contribution in [1.82, 2.24) is 19.9 Å². The van der Waals surface area contributed by atoms with Crippen LogP contribution in [0.1, 0.15) is 35.8 Å². The molecule has 5 rings (SSSR count). The van der Waals surface area contributed by atoms with Crippen molar-refractivity contribution in [2.45, 2.75) is 37.9 Å². The van der Waals surface area contributed by atoms with Gasteiger partial charge in [0.15, 0.2) is 0 Å². The fourth-order valence-corrected chi connectivity index (χ4v) is 4.40. The molecule has 2 aromatic rings. The lowest BCUT2D eigenvalue weighted by Gasteiger charge is -2.36. The molecule has 2 fully saturated rings. The van der Waals surface area contributed by atoms with E-state index in [4.69, 9.17) is 14.7 Å². The summed E-state index contributed by atoms with van der Waals surface area (Å²) in [5, 5.41) is 0. The molecule has 0 N–H and O–H groups in total. The Morgan fingerprint density at radius 3 is 2.88 bits per heavy atom. The van der Waals surface area contributed by atoms with Crippen LogP contribution in [-0.4, -0.2) is 52.2 Å². The van der Waals surface area contributed by atoms with Crippen molar-refractivity contribution < 1.29 is 4.74 Å². The van der Waals surface area contributed by atoms with Crippen LogP contribution >= 0.6 is 0 Å². The maximum atomic E-state index is 5.44. The quantitative estimate of drug-likeness (QED) is 0.853. The summed E-state index contributed by atoms with van der Waals surface area (Å²) in [6, 6.07) is 7.18. The zero-order valence-corrected chi connectivity index (χ0v) is 14.3. The Bertz CT molecular complexity index is 747. The predicted molar refractivity (Wildman–Crippen MR) is 94.3 cm³/mol. The Labute approximate surface area is 147 Å². The van der Waals surface area contributed by atoms with E-state index in [9.17, 15) is 0 Å². The standard InChI is InChI=1S/C19H23N5O/c1-2-6-20-14(3-1)13-24-15-4-5-18(24)16-12-21-19(22-17(16)11-15)23-7-9-25-10-8-23/h1-3,6,12,15,18H,4-5,7-11,13H2/t15-,18+/m0/s1. The minimum Gasteiger partial charge on any atom is -0.378 e. The van der Waals surface area contributed by atoms with Crippen molar-refractivity contribution in [1.29, 1.82) is 0 Å². The lowest BCUT2D eigenvalue weighted by Crippen LogP contribution is -2.40. The molecule has 0 unspecified atom stereocenters. The van der Waals surface area contributed by atoms with Gasteiger partial charge < -0.3 is 9.64 Å². The van der Waals surface area contributed by atoms with Crippen LogP contribution in [0.25, 0.3) is 0 Å². The number of nitrogens with zero attached hydrogens (tertiary/aromatic N) is 5. The second-order valence-electron chi connectivity index (χ2n) is 7.12. The van der Waals surface area contributed by atoms with E-state index in [1.165, 1.54) is 24.1 Å². The number of hydrogen-bond acceptors (Lipinski definition) is 6. The molecule has 0 spiro atoms. The van der Waals surface area contributed by atoms with E-state index in [-0.39, 0.29) is 0 Å². The molecule has 25 heavy (non-hydrogen) atoms. The Morgan fingerprint density at radius 2 is 2.04 bits per heavy atom. The highest BCUT2D eigenvalue weighted by molar-refractivity contribution is 5.37. The molecule has 2 bridgehead atoms. The van der Waals surface area contributed by atoms with E-state index in [1.54, 1.807) is 0 Å². The van der Waals surface area contributed by atoms with E-state index < -0.39 is 0 Å². The van der Waals surface area contributed by atoms with Gasteiger partial charge in [-0.2, -0.15) is 0 Å². The van der Waals surface area contributed by atoms with E-state index in [2.05, 4.69) is 33.1 Å². The molecule has 5 heterocycles. The Balaban J connectivity index is 1.40. The molecule has 6 heteroatoms. The summed E-state index contributed by atoms with van der Waals surface area (Å²) in [6.07, 6.45) is 7.42. The van der Waals surface area contributed by atoms with Crippen LogP contribution in [-0.2, 0) is 17.7 Å². The van der Waals surface area contributed by atoms with Gasteiger partial charge in [-0.3, -0.25) is 9.88 Å². The Kier molecular flexibility index (Phi) is 3.87. The highest BCUT2D eigenvalue weighted by Crippen LogP contribution is 2.43. The minimum atomic E-state index is 0.439. The molecule has 0 aromatic carbocycles. The van der Waals surface area contributed by atoms with Gasteiger partial charge in [-0.05, 0) is 25.0 Å². The third-order valence-corrected chi connectivity index (χ3v) is 5.68. The molecule has 2 atom stereocenters. The highest BCUT2D eigenvalue weighted by Gasteiger charge is 2.41. The van der Waals surface area contributed by atoms with Crippen LogP contribution in [0.5, 0.6) is 0 Å². The van der Waals surface area contributed by atoms with Gasteiger partial charge in [0, 0.05) is 56.1 Å². The molecule has 130 valence electrons. The summed E-state index contributed by atoms with van der Waals surface area (Å²) in [6.45, 7) is 4.23. The van der Waals surface area contributed by atoms with Gasteiger partial charge >= 0.3 is 0 Å². The number of ether oxygens (including phenoxy) is 1. The van der Waals surface area contributed by atoms with Gasteiger partial charge in [0.1, 0.15) is 0 Å². The van der Waals surface area contributed by atoms with E-state index in [1.807, 2.05) is 12.3 Å². The van der Waals surface area contributed by atoms with Gasteiger partial charge in [-0.1, -0.05) is 6.07 Å². The highest BCUT2D eigenvalue weighted by atomic mass is 16.5. The SMILES string of the molecule is c1ccc(CN2[C@H]3CC[C@@H]2c2cnc(N4CCOCC4)nc2C3)nc1. The first kappa shape index (κ1) is 15.2. The second kappa shape index (κ2) is 6.35. The monoisotopic (exact) mass is 337 g/mol. The molecule has 3 aliphatic rings. The van der Waals surface area contributed by atoms with Crippen molar-refractivity contribution in [2.75, 3.05) is 31.2 Å². The molecular weight excluding hydrogens is 314 g/mol. The van der Waals surface area contributed by atoms with Crippen LogP contribution in [0.4, 0.5) is 5.95 Å². The summed E-state index contributed by atoms with van der Waals surface area (Å²) >= 11 is 0. The molecule has 0 saturated carbocycles. The lowest BCUT2D eigenvalue weighted by molar-refractivity contribution is 0.122. The third-order valence-electron chi connectivity index (χ3n) is 5.68. The van der Waals surface area contributed by atoms with Crippen LogP contribution in [0.3, 0.4) is 0 Å². The van der Waals surface area contributed by atoms with E-state index in [0.717, 1.165) is 50.9 Å². The number of fused-ring (bicyclic) bond motifs is 4. The number of rotatable bonds is 3. The molecule has 0 amide bonds. The zero-order valence-electron chi connectivity index (χ0n) is 14.3. The number of hydrogen-bond donors (Lipinski definition) is 0. The largest absolute Gasteiger partial charge is 0.378 e. The van der Waals surface area contributed by atoms with Gasteiger partial charge in [-0.15, -0.1) is 0 Å². The van der Waals surface area contributed by atoms with Gasteiger partial charge in [-0.25, -0.2) is 9.97 Å². The summed E-state index contributed by atoms with van der Waals surface area (Å²) in [4.78, 5) is 19.0. The number of morpholine rings is 1. The van der Waals surface area contributed by atoms with Crippen molar-refractivity contribution >= 4 is 5.95 Å². The topological polar surface area (TPSA) is 54.4 Å². The molecule has 2 saturated heterocycles. The van der Waals surface area contributed by atoms with Crippen molar-refractivity contribution in [3.05, 3.63) is 47.5 Å². The first-order chi connectivity index (χ1) is 12.4. The van der Waals surface area contributed by atoms with E-state index >= 15 is 0 Å². The molecular formula is C19H23N5O. The number of anilines is 1. The average molecular weight is 337 g/mol. The predicted octanol–water partition coefficient (Wildman–Crippen LogP) is 1.97. The second-order valence-corrected chi connectivity index (χ2v) is 7.12.